The van der Waals surface area contributed by atoms with Crippen LogP contribution in [-0.4, -0.2) is 39.1 Å². The Bertz CT molecular complexity index is 1010. The molecule has 0 fully saturated rings. The van der Waals surface area contributed by atoms with Crippen molar-refractivity contribution in [1.82, 2.24) is 4.90 Å². The van der Waals surface area contributed by atoms with Crippen molar-refractivity contribution in [3.05, 3.63) is 83.4 Å². The lowest BCUT2D eigenvalue weighted by molar-refractivity contribution is 0.0693. The quantitative estimate of drug-likeness (QED) is 0.629. The highest BCUT2D eigenvalue weighted by Gasteiger charge is 2.17. The van der Waals surface area contributed by atoms with E-state index in [2.05, 4.69) is 0 Å². The number of carboxylic acids is 1. The average Bonchev–Trinajstić information content (AvgIpc) is 2.69. The number of phenols is 2. The molecule has 3 rings (SSSR count). The van der Waals surface area contributed by atoms with E-state index in [1.807, 2.05) is 36.4 Å². The molecule has 0 saturated heterocycles. The molecular weight excluding hydrogens is 358 g/mol. The minimum Gasteiger partial charge on any atom is -0.508 e. The molecule has 0 heterocycles. The van der Waals surface area contributed by atoms with Gasteiger partial charge in [0, 0.05) is 19.2 Å². The van der Waals surface area contributed by atoms with Crippen LogP contribution in [0.15, 0.2) is 66.7 Å². The van der Waals surface area contributed by atoms with Crippen LogP contribution in [0, 0.1) is 0 Å². The van der Waals surface area contributed by atoms with E-state index in [4.69, 9.17) is 5.11 Å². The van der Waals surface area contributed by atoms with Crippen LogP contribution in [0.2, 0.25) is 0 Å². The standard InChI is InChI=1S/C22H19NO5/c1-23(21(26)17-8-11-20(25)19(12-17)22(27)28)13-14-2-4-15(5-3-14)16-6-9-18(24)10-7-16/h2-12,24-25H,13H2,1H3,(H,27,28). The zero-order valence-electron chi connectivity index (χ0n) is 15.2. The summed E-state index contributed by atoms with van der Waals surface area (Å²) in [7, 11) is 1.63. The van der Waals surface area contributed by atoms with Crippen LogP contribution in [0.25, 0.3) is 11.1 Å². The first-order valence-electron chi connectivity index (χ1n) is 8.55. The van der Waals surface area contributed by atoms with Crippen molar-refractivity contribution in [3.8, 4) is 22.6 Å². The maximum absolute atomic E-state index is 12.6. The van der Waals surface area contributed by atoms with Gasteiger partial charge in [-0.25, -0.2) is 4.79 Å². The molecule has 0 radical (unpaired) electrons. The zero-order chi connectivity index (χ0) is 20.3. The van der Waals surface area contributed by atoms with E-state index >= 15 is 0 Å². The molecule has 0 saturated carbocycles. The van der Waals surface area contributed by atoms with Crippen molar-refractivity contribution in [2.45, 2.75) is 6.54 Å². The topological polar surface area (TPSA) is 98.1 Å². The third-order valence-corrected chi connectivity index (χ3v) is 4.39. The van der Waals surface area contributed by atoms with Crippen LogP contribution >= 0.6 is 0 Å². The van der Waals surface area contributed by atoms with Gasteiger partial charge in [0.05, 0.1) is 0 Å². The summed E-state index contributed by atoms with van der Waals surface area (Å²) in [6.07, 6.45) is 0. The first-order valence-corrected chi connectivity index (χ1v) is 8.55. The molecule has 28 heavy (non-hydrogen) atoms. The summed E-state index contributed by atoms with van der Waals surface area (Å²) in [6, 6.07) is 18.4. The van der Waals surface area contributed by atoms with Crippen molar-refractivity contribution < 1.29 is 24.9 Å². The van der Waals surface area contributed by atoms with Crippen molar-refractivity contribution in [1.29, 1.82) is 0 Å². The van der Waals surface area contributed by atoms with E-state index in [0.717, 1.165) is 16.7 Å². The second-order valence-electron chi connectivity index (χ2n) is 6.44. The summed E-state index contributed by atoms with van der Waals surface area (Å²) in [4.78, 5) is 25.2. The number of carbonyl (C=O) groups is 2. The predicted octanol–water partition coefficient (Wildman–Crippen LogP) is 3.74. The smallest absolute Gasteiger partial charge is 0.339 e. The molecule has 142 valence electrons. The van der Waals surface area contributed by atoms with Crippen molar-refractivity contribution in [2.75, 3.05) is 7.05 Å². The van der Waals surface area contributed by atoms with Crippen LogP contribution in [0.4, 0.5) is 0 Å². The number of aromatic hydroxyl groups is 2. The first-order chi connectivity index (χ1) is 13.3. The molecule has 0 spiro atoms. The number of hydrogen-bond acceptors (Lipinski definition) is 4. The van der Waals surface area contributed by atoms with E-state index in [1.165, 1.54) is 23.1 Å². The second-order valence-corrected chi connectivity index (χ2v) is 6.44. The molecule has 6 nitrogen and oxygen atoms in total. The first kappa shape index (κ1) is 19.0. The van der Waals surface area contributed by atoms with Gasteiger partial charge in [0.1, 0.15) is 17.1 Å². The van der Waals surface area contributed by atoms with Gasteiger partial charge >= 0.3 is 5.97 Å². The minimum absolute atomic E-state index is 0.193. The summed E-state index contributed by atoms with van der Waals surface area (Å²) in [6.45, 7) is 0.345. The van der Waals surface area contributed by atoms with Gasteiger partial charge in [-0.2, -0.15) is 0 Å². The molecule has 6 heteroatoms. The van der Waals surface area contributed by atoms with Gasteiger partial charge in [-0.1, -0.05) is 36.4 Å². The highest BCUT2D eigenvalue weighted by Crippen LogP contribution is 2.23. The molecule has 0 unspecified atom stereocenters. The summed E-state index contributed by atoms with van der Waals surface area (Å²) in [5, 5.41) is 28.0. The number of rotatable bonds is 5. The Balaban J connectivity index is 1.73. The normalized spacial score (nSPS) is 10.5. The molecule has 0 aliphatic rings. The molecule has 0 aliphatic heterocycles. The summed E-state index contributed by atoms with van der Waals surface area (Å²) < 4.78 is 0. The second kappa shape index (κ2) is 7.84. The van der Waals surface area contributed by atoms with Gasteiger partial charge in [0.15, 0.2) is 0 Å². The van der Waals surface area contributed by atoms with Gasteiger partial charge < -0.3 is 20.2 Å². The van der Waals surface area contributed by atoms with Gasteiger partial charge in [-0.15, -0.1) is 0 Å². The Hall–Kier alpha value is -3.80. The van der Waals surface area contributed by atoms with Crippen molar-refractivity contribution in [3.63, 3.8) is 0 Å². The van der Waals surface area contributed by atoms with Crippen LogP contribution in [0.1, 0.15) is 26.3 Å². The molecule has 3 N–H and O–H groups in total. The number of carboxylic acid groups (broad SMARTS) is 1. The van der Waals surface area contributed by atoms with Crippen molar-refractivity contribution >= 4 is 11.9 Å². The Morgan fingerprint density at radius 1 is 0.857 bits per heavy atom. The Kier molecular flexibility index (Phi) is 5.31. The van der Waals surface area contributed by atoms with Gasteiger partial charge in [-0.3, -0.25) is 4.79 Å². The fourth-order valence-corrected chi connectivity index (χ4v) is 2.86. The molecule has 0 atom stereocenters. The van der Waals surface area contributed by atoms with E-state index in [-0.39, 0.29) is 28.5 Å². The van der Waals surface area contributed by atoms with Crippen LogP contribution < -0.4 is 0 Å². The number of nitrogens with zero attached hydrogens (tertiary/aromatic N) is 1. The third kappa shape index (κ3) is 4.12. The van der Waals surface area contributed by atoms with E-state index in [9.17, 15) is 19.8 Å². The van der Waals surface area contributed by atoms with Gasteiger partial charge in [0.2, 0.25) is 0 Å². The molecule has 3 aromatic rings. The highest BCUT2D eigenvalue weighted by atomic mass is 16.4. The van der Waals surface area contributed by atoms with E-state index < -0.39 is 5.97 Å². The van der Waals surface area contributed by atoms with Crippen LogP contribution in [0.3, 0.4) is 0 Å². The van der Waals surface area contributed by atoms with Crippen LogP contribution in [-0.2, 0) is 6.54 Å². The number of carbonyl (C=O) groups excluding carboxylic acids is 1. The van der Waals surface area contributed by atoms with Gasteiger partial charge in [0.25, 0.3) is 5.91 Å². The molecule has 0 aliphatic carbocycles. The zero-order valence-corrected chi connectivity index (χ0v) is 15.2. The summed E-state index contributed by atoms with van der Waals surface area (Å²) in [5.41, 5.74) is 2.76. The number of benzene rings is 3. The lowest BCUT2D eigenvalue weighted by Crippen LogP contribution is -2.26. The Morgan fingerprint density at radius 3 is 2.00 bits per heavy atom. The molecule has 3 aromatic carbocycles. The maximum Gasteiger partial charge on any atom is 0.339 e. The monoisotopic (exact) mass is 377 g/mol. The largest absolute Gasteiger partial charge is 0.508 e. The molecule has 1 amide bonds. The predicted molar refractivity (Wildman–Crippen MR) is 104 cm³/mol. The van der Waals surface area contributed by atoms with Gasteiger partial charge in [-0.05, 0) is 47.0 Å². The molecular formula is C22H19NO5. The maximum atomic E-state index is 12.6. The lowest BCUT2D eigenvalue weighted by Gasteiger charge is -2.18. The third-order valence-electron chi connectivity index (χ3n) is 4.39. The lowest BCUT2D eigenvalue weighted by atomic mass is 10.0. The fourth-order valence-electron chi connectivity index (χ4n) is 2.86. The van der Waals surface area contributed by atoms with Crippen LogP contribution in [0.5, 0.6) is 11.5 Å². The van der Waals surface area contributed by atoms with E-state index in [1.54, 1.807) is 19.2 Å². The van der Waals surface area contributed by atoms with Crippen molar-refractivity contribution in [2.24, 2.45) is 0 Å². The number of phenolic OH excluding ortho intramolecular Hbond substituents is 1. The average molecular weight is 377 g/mol. The summed E-state index contributed by atoms with van der Waals surface area (Å²) >= 11 is 0. The number of aromatic carboxylic acids is 1. The minimum atomic E-state index is -1.29. The molecule has 0 bridgehead atoms. The fraction of sp³-hybridized carbons (Fsp3) is 0.0909. The van der Waals surface area contributed by atoms with E-state index in [0.29, 0.717) is 6.54 Å². The SMILES string of the molecule is CN(Cc1ccc(-c2ccc(O)cc2)cc1)C(=O)c1ccc(O)c(C(=O)O)c1. The summed E-state index contributed by atoms with van der Waals surface area (Å²) in [5.74, 6) is -1.80. The Morgan fingerprint density at radius 2 is 1.43 bits per heavy atom. The number of amides is 1. The highest BCUT2D eigenvalue weighted by molar-refractivity contribution is 5.98. The Labute approximate surface area is 161 Å². The molecule has 0 aromatic heterocycles. The number of hydrogen-bond donors (Lipinski definition) is 3.